The number of thioether (sulfide) groups is 1. The van der Waals surface area contributed by atoms with Crippen LogP contribution in [0, 0.1) is 0 Å². The van der Waals surface area contributed by atoms with Gasteiger partial charge >= 0.3 is 0 Å². The van der Waals surface area contributed by atoms with Gasteiger partial charge in [0.05, 0.1) is 0 Å². The molecular weight excluding hydrogens is 192 g/mol. The van der Waals surface area contributed by atoms with Gasteiger partial charge in [0.2, 0.25) is 0 Å². The van der Waals surface area contributed by atoms with Crippen LogP contribution in [0.5, 0.6) is 0 Å². The molecule has 2 nitrogen and oxygen atoms in total. The fourth-order valence-electron chi connectivity index (χ4n) is 1.81. The summed E-state index contributed by atoms with van der Waals surface area (Å²) in [6, 6.07) is 9.17. The summed E-state index contributed by atoms with van der Waals surface area (Å²) in [5.41, 5.74) is 8.43. The van der Waals surface area contributed by atoms with E-state index < -0.39 is 0 Å². The van der Waals surface area contributed by atoms with Crippen LogP contribution in [0.4, 0.5) is 0 Å². The Bertz CT molecular complexity index is 301. The van der Waals surface area contributed by atoms with Gasteiger partial charge in [0.25, 0.3) is 0 Å². The molecule has 1 heterocycles. The molecule has 0 saturated heterocycles. The second kappa shape index (κ2) is 4.82. The summed E-state index contributed by atoms with van der Waals surface area (Å²) >= 11 is 1.99. The van der Waals surface area contributed by atoms with E-state index in [-0.39, 0.29) is 0 Å². The zero-order valence-corrected chi connectivity index (χ0v) is 9.02. The van der Waals surface area contributed by atoms with E-state index in [0.29, 0.717) is 12.6 Å². The minimum Gasteiger partial charge on any atom is -0.329 e. The first-order valence-electron chi connectivity index (χ1n) is 5.01. The Morgan fingerprint density at radius 1 is 1.43 bits per heavy atom. The maximum atomic E-state index is 5.50. The molecule has 0 radical (unpaired) electrons. The van der Waals surface area contributed by atoms with Crippen LogP contribution in [-0.2, 0) is 5.75 Å². The molecule has 1 aromatic carbocycles. The van der Waals surface area contributed by atoms with Crippen molar-refractivity contribution in [2.45, 2.75) is 11.8 Å². The smallest absolute Gasteiger partial charge is 0.0415 e. The molecule has 14 heavy (non-hydrogen) atoms. The fourth-order valence-corrected chi connectivity index (χ4v) is 2.94. The van der Waals surface area contributed by atoms with Crippen LogP contribution in [0.3, 0.4) is 0 Å². The molecule has 1 aromatic rings. The van der Waals surface area contributed by atoms with Crippen molar-refractivity contribution in [2.24, 2.45) is 5.73 Å². The topological polar surface area (TPSA) is 38.0 Å². The van der Waals surface area contributed by atoms with Crippen LogP contribution in [-0.4, -0.2) is 18.8 Å². The summed E-state index contributed by atoms with van der Waals surface area (Å²) in [6.45, 7) is 1.61. The summed E-state index contributed by atoms with van der Waals surface area (Å²) in [7, 11) is 0. The average molecular weight is 208 g/mol. The molecule has 0 spiro atoms. The first-order valence-corrected chi connectivity index (χ1v) is 6.16. The predicted octanol–water partition coefficient (Wildman–Crippen LogP) is 1.52. The lowest BCUT2D eigenvalue weighted by atomic mass is 10.0. The summed E-state index contributed by atoms with van der Waals surface area (Å²) in [4.78, 5) is 0. The fraction of sp³-hybridized carbons (Fsp3) is 0.455. The summed E-state index contributed by atoms with van der Waals surface area (Å²) in [6.07, 6.45) is 0. The maximum Gasteiger partial charge on any atom is 0.0415 e. The third-order valence-corrected chi connectivity index (χ3v) is 3.59. The van der Waals surface area contributed by atoms with Crippen molar-refractivity contribution in [3.63, 3.8) is 0 Å². The second-order valence-corrected chi connectivity index (χ2v) is 4.54. The molecule has 1 unspecified atom stereocenters. The van der Waals surface area contributed by atoms with Crippen LogP contribution in [0.1, 0.15) is 17.2 Å². The van der Waals surface area contributed by atoms with Gasteiger partial charge in [0.15, 0.2) is 0 Å². The van der Waals surface area contributed by atoms with Crippen LogP contribution in [0.25, 0.3) is 0 Å². The normalized spacial score (nSPS) is 20.5. The van der Waals surface area contributed by atoms with E-state index in [1.54, 1.807) is 0 Å². The van der Waals surface area contributed by atoms with Crippen molar-refractivity contribution in [3.8, 4) is 0 Å². The third kappa shape index (κ3) is 2.11. The zero-order chi connectivity index (χ0) is 9.80. The van der Waals surface area contributed by atoms with Gasteiger partial charge in [-0.1, -0.05) is 24.3 Å². The lowest BCUT2D eigenvalue weighted by molar-refractivity contribution is 0.582. The van der Waals surface area contributed by atoms with Gasteiger partial charge in [-0.15, -0.1) is 0 Å². The molecular formula is C11H16N2S. The van der Waals surface area contributed by atoms with Crippen molar-refractivity contribution < 1.29 is 0 Å². The van der Waals surface area contributed by atoms with Gasteiger partial charge in [-0.05, 0) is 11.1 Å². The Kier molecular flexibility index (Phi) is 3.45. The number of rotatable bonds is 3. The molecule has 0 aromatic heterocycles. The summed E-state index contributed by atoms with van der Waals surface area (Å²) in [5, 5.41) is 3.48. The van der Waals surface area contributed by atoms with E-state index in [0.717, 1.165) is 18.1 Å². The molecule has 1 atom stereocenters. The lowest BCUT2D eigenvalue weighted by Crippen LogP contribution is -2.30. The van der Waals surface area contributed by atoms with Gasteiger partial charge in [-0.3, -0.25) is 0 Å². The molecule has 3 heteroatoms. The highest BCUT2D eigenvalue weighted by molar-refractivity contribution is 7.98. The summed E-state index contributed by atoms with van der Waals surface area (Å²) < 4.78 is 0. The van der Waals surface area contributed by atoms with E-state index in [2.05, 4.69) is 29.6 Å². The van der Waals surface area contributed by atoms with Gasteiger partial charge < -0.3 is 11.1 Å². The van der Waals surface area contributed by atoms with E-state index in [9.17, 15) is 0 Å². The van der Waals surface area contributed by atoms with Gasteiger partial charge in [-0.25, -0.2) is 0 Å². The SMILES string of the molecule is NCCNC1CSCc2ccccc21. The molecule has 0 saturated carbocycles. The number of hydrogen-bond donors (Lipinski definition) is 2. The molecule has 0 bridgehead atoms. The summed E-state index contributed by atoms with van der Waals surface area (Å²) in [5.74, 6) is 2.31. The van der Waals surface area contributed by atoms with E-state index >= 15 is 0 Å². The van der Waals surface area contributed by atoms with Crippen molar-refractivity contribution in [1.29, 1.82) is 0 Å². The quantitative estimate of drug-likeness (QED) is 0.791. The Morgan fingerprint density at radius 3 is 3.14 bits per heavy atom. The van der Waals surface area contributed by atoms with E-state index in [4.69, 9.17) is 5.73 Å². The highest BCUT2D eigenvalue weighted by Crippen LogP contribution is 2.30. The first-order chi connectivity index (χ1) is 6.92. The Balaban J connectivity index is 2.14. The lowest BCUT2D eigenvalue weighted by Gasteiger charge is -2.25. The standard InChI is InChI=1S/C11H16N2S/c12-5-6-13-11-8-14-7-9-3-1-2-4-10(9)11/h1-4,11,13H,5-8,12H2. The average Bonchev–Trinajstić information content (AvgIpc) is 2.26. The van der Waals surface area contributed by atoms with E-state index in [1.807, 2.05) is 11.8 Å². The van der Waals surface area contributed by atoms with Gasteiger partial charge in [0, 0.05) is 30.6 Å². The highest BCUT2D eigenvalue weighted by Gasteiger charge is 2.18. The molecule has 1 aliphatic rings. The van der Waals surface area contributed by atoms with Crippen LogP contribution < -0.4 is 11.1 Å². The number of nitrogens with two attached hydrogens (primary N) is 1. The van der Waals surface area contributed by atoms with Gasteiger partial charge in [-0.2, -0.15) is 11.8 Å². The second-order valence-electron chi connectivity index (χ2n) is 3.51. The van der Waals surface area contributed by atoms with Gasteiger partial charge in [0.1, 0.15) is 0 Å². The third-order valence-electron chi connectivity index (χ3n) is 2.51. The first kappa shape index (κ1) is 10.0. The number of benzene rings is 1. The Morgan fingerprint density at radius 2 is 2.29 bits per heavy atom. The highest BCUT2D eigenvalue weighted by atomic mass is 32.2. The molecule has 0 amide bonds. The van der Waals surface area contributed by atoms with Crippen molar-refractivity contribution in [1.82, 2.24) is 5.32 Å². The molecule has 2 rings (SSSR count). The Hall–Kier alpha value is -0.510. The predicted molar refractivity (Wildman–Crippen MR) is 62.4 cm³/mol. The molecule has 1 aliphatic heterocycles. The number of nitrogens with one attached hydrogen (secondary N) is 1. The van der Waals surface area contributed by atoms with Crippen LogP contribution >= 0.6 is 11.8 Å². The Labute approximate surface area is 89.3 Å². The number of fused-ring (bicyclic) bond motifs is 1. The molecule has 0 aliphatic carbocycles. The molecule has 76 valence electrons. The minimum absolute atomic E-state index is 0.494. The van der Waals surface area contributed by atoms with Crippen LogP contribution in [0.15, 0.2) is 24.3 Å². The van der Waals surface area contributed by atoms with Crippen molar-refractivity contribution in [3.05, 3.63) is 35.4 Å². The van der Waals surface area contributed by atoms with Crippen LogP contribution in [0.2, 0.25) is 0 Å². The monoisotopic (exact) mass is 208 g/mol. The largest absolute Gasteiger partial charge is 0.329 e. The molecule has 0 fully saturated rings. The number of hydrogen-bond acceptors (Lipinski definition) is 3. The van der Waals surface area contributed by atoms with Crippen molar-refractivity contribution in [2.75, 3.05) is 18.8 Å². The minimum atomic E-state index is 0.494. The van der Waals surface area contributed by atoms with Crippen molar-refractivity contribution >= 4 is 11.8 Å². The van der Waals surface area contributed by atoms with E-state index in [1.165, 1.54) is 11.1 Å². The zero-order valence-electron chi connectivity index (χ0n) is 8.20. The molecule has 3 N–H and O–H groups in total. The maximum absolute atomic E-state index is 5.50.